The van der Waals surface area contributed by atoms with Gasteiger partial charge in [0.05, 0.1) is 61.5 Å². The minimum atomic E-state index is -0.339. The van der Waals surface area contributed by atoms with Gasteiger partial charge in [0, 0.05) is 39.6 Å². The van der Waals surface area contributed by atoms with Crippen LogP contribution >= 0.6 is 0 Å². The Morgan fingerprint density at radius 1 is 0.886 bits per heavy atom. The van der Waals surface area contributed by atoms with Crippen molar-refractivity contribution in [2.45, 2.75) is 96.6 Å². The first kappa shape index (κ1) is 22.9. The molecule has 6 rings (SSSR count). The van der Waals surface area contributed by atoms with E-state index < -0.39 is 0 Å². The lowest BCUT2D eigenvalue weighted by molar-refractivity contribution is 0.0113. The van der Waals surface area contributed by atoms with Crippen molar-refractivity contribution in [2.24, 2.45) is 0 Å². The summed E-state index contributed by atoms with van der Waals surface area (Å²) < 4.78 is 18.0. The molecule has 6 heterocycles. The van der Waals surface area contributed by atoms with Crippen molar-refractivity contribution in [3.8, 4) is 0 Å². The van der Waals surface area contributed by atoms with Gasteiger partial charge in [0.25, 0.3) is 0 Å². The topological polar surface area (TPSA) is 114 Å². The Morgan fingerprint density at radius 2 is 1.69 bits per heavy atom. The van der Waals surface area contributed by atoms with E-state index in [-0.39, 0.29) is 17.4 Å². The molecule has 0 aromatic carbocycles. The third-order valence-electron chi connectivity index (χ3n) is 8.11. The number of rotatable bonds is 6. The molecule has 3 N–H and O–H groups in total. The van der Waals surface area contributed by atoms with E-state index in [1.54, 1.807) is 0 Å². The summed E-state index contributed by atoms with van der Waals surface area (Å²) in [5.41, 5.74) is 10.1. The third-order valence-corrected chi connectivity index (χ3v) is 8.11. The average Bonchev–Trinajstić information content (AvgIpc) is 3.60. The lowest BCUT2D eigenvalue weighted by Gasteiger charge is -2.32. The molecule has 0 fully saturated rings. The molecule has 9 heteroatoms. The Hall–Kier alpha value is -2.49. The van der Waals surface area contributed by atoms with Gasteiger partial charge in [-0.25, -0.2) is 0 Å². The number of hydrogen-bond donors (Lipinski definition) is 3. The molecule has 188 valence electrons. The van der Waals surface area contributed by atoms with Gasteiger partial charge in [-0.2, -0.15) is 15.3 Å². The lowest BCUT2D eigenvalue weighted by atomic mass is 9.78. The van der Waals surface area contributed by atoms with E-state index in [9.17, 15) is 0 Å². The van der Waals surface area contributed by atoms with E-state index >= 15 is 0 Å². The highest BCUT2D eigenvalue weighted by molar-refractivity contribution is 5.40. The molecule has 3 aliphatic rings. The van der Waals surface area contributed by atoms with Crippen molar-refractivity contribution in [3.05, 3.63) is 50.9 Å². The second-order valence-corrected chi connectivity index (χ2v) is 11.3. The van der Waals surface area contributed by atoms with E-state index in [1.165, 1.54) is 28.1 Å². The second-order valence-electron chi connectivity index (χ2n) is 11.3. The van der Waals surface area contributed by atoms with Crippen LogP contribution in [0.5, 0.6) is 0 Å². The van der Waals surface area contributed by atoms with Crippen LogP contribution in [-0.4, -0.2) is 43.8 Å². The zero-order valence-electron chi connectivity index (χ0n) is 21.3. The number of ether oxygens (including phenoxy) is 3. The van der Waals surface area contributed by atoms with Gasteiger partial charge in [-0.05, 0) is 18.8 Å². The van der Waals surface area contributed by atoms with Gasteiger partial charge in [-0.15, -0.1) is 0 Å². The number of H-pyrrole nitrogens is 3. The van der Waals surface area contributed by atoms with Crippen LogP contribution in [0.2, 0.25) is 0 Å². The fraction of sp³-hybridized carbons (Fsp3) is 0.654. The predicted molar refractivity (Wildman–Crippen MR) is 129 cm³/mol. The third kappa shape index (κ3) is 3.67. The molecule has 3 aromatic heterocycles. The first-order valence-corrected chi connectivity index (χ1v) is 12.8. The molecule has 0 saturated heterocycles. The lowest BCUT2D eigenvalue weighted by Crippen LogP contribution is -2.30. The Morgan fingerprint density at radius 3 is 2.51 bits per heavy atom. The van der Waals surface area contributed by atoms with Crippen molar-refractivity contribution in [3.63, 3.8) is 0 Å². The highest BCUT2D eigenvalue weighted by Crippen LogP contribution is 2.48. The van der Waals surface area contributed by atoms with Crippen LogP contribution in [0.25, 0.3) is 0 Å². The largest absolute Gasteiger partial charge is 0.376 e. The summed E-state index contributed by atoms with van der Waals surface area (Å²) in [6.07, 6.45) is 1.76. The average molecular weight is 481 g/mol. The molecule has 3 atom stereocenters. The quantitative estimate of drug-likeness (QED) is 0.482. The van der Waals surface area contributed by atoms with Crippen molar-refractivity contribution in [1.82, 2.24) is 30.6 Å². The smallest absolute Gasteiger partial charge is 0.110 e. The molecule has 0 radical (unpaired) electrons. The molecular weight excluding hydrogens is 444 g/mol. The minimum Gasteiger partial charge on any atom is -0.376 e. The molecule has 3 aliphatic heterocycles. The summed E-state index contributed by atoms with van der Waals surface area (Å²) >= 11 is 0. The molecule has 35 heavy (non-hydrogen) atoms. The number of nitrogens with one attached hydrogen (secondary N) is 3. The van der Waals surface area contributed by atoms with Crippen LogP contribution in [0.15, 0.2) is 0 Å². The molecule has 0 amide bonds. The maximum absolute atomic E-state index is 6.34. The predicted octanol–water partition coefficient (Wildman–Crippen LogP) is 4.41. The molecule has 0 aliphatic carbocycles. The van der Waals surface area contributed by atoms with Gasteiger partial charge in [-0.1, -0.05) is 34.6 Å². The minimum absolute atomic E-state index is 0.123. The van der Waals surface area contributed by atoms with E-state index in [2.05, 4.69) is 60.1 Å². The van der Waals surface area contributed by atoms with Gasteiger partial charge >= 0.3 is 0 Å². The molecule has 3 unspecified atom stereocenters. The van der Waals surface area contributed by atoms with Gasteiger partial charge in [-0.3, -0.25) is 15.3 Å². The van der Waals surface area contributed by atoms with Crippen LogP contribution < -0.4 is 0 Å². The van der Waals surface area contributed by atoms with Gasteiger partial charge < -0.3 is 14.2 Å². The van der Waals surface area contributed by atoms with Gasteiger partial charge in [0.15, 0.2) is 0 Å². The zero-order chi connectivity index (χ0) is 24.3. The van der Waals surface area contributed by atoms with Gasteiger partial charge in [0.2, 0.25) is 0 Å². The van der Waals surface area contributed by atoms with Crippen LogP contribution in [-0.2, 0) is 45.9 Å². The van der Waals surface area contributed by atoms with Crippen molar-refractivity contribution < 1.29 is 14.2 Å². The SMILES string of the molecule is CC(C)c1n[nH]c2c1COC2C(C)(C)c1n[nH]c2c1COCC2CC(C)c1n[nH]c2c1CCOC2. The standard InChI is InChI=1S/C26H36N6O3/c1-13(2)20-17-11-35-25(23(17)31-28-20)26(4,5)24-18-10-34-9-15(22(18)30-32-24)8-14(3)21-16-6-7-33-12-19(16)27-29-21/h13-15,25H,6-12H2,1-5H3,(H,27,29)(H,28,31)(H,30,32). The first-order chi connectivity index (χ1) is 16.9. The van der Waals surface area contributed by atoms with Crippen LogP contribution in [0, 0.1) is 0 Å². The Kier molecular flexibility index (Phi) is 5.62. The van der Waals surface area contributed by atoms with Crippen LogP contribution in [0.4, 0.5) is 0 Å². The summed E-state index contributed by atoms with van der Waals surface area (Å²) in [5.74, 6) is 0.924. The fourth-order valence-corrected chi connectivity index (χ4v) is 6.26. The molecule has 9 nitrogen and oxygen atoms in total. The highest BCUT2D eigenvalue weighted by atomic mass is 16.5. The Bertz CT molecular complexity index is 1220. The van der Waals surface area contributed by atoms with E-state index in [4.69, 9.17) is 19.3 Å². The highest BCUT2D eigenvalue weighted by Gasteiger charge is 2.45. The number of fused-ring (bicyclic) bond motifs is 3. The van der Waals surface area contributed by atoms with Crippen LogP contribution in [0.1, 0.15) is 116 Å². The van der Waals surface area contributed by atoms with Gasteiger partial charge in [0.1, 0.15) is 6.10 Å². The van der Waals surface area contributed by atoms with E-state index in [1.807, 2.05) is 0 Å². The first-order valence-electron chi connectivity index (χ1n) is 12.8. The number of nitrogens with zero attached hydrogens (tertiary/aromatic N) is 3. The summed E-state index contributed by atoms with van der Waals surface area (Å²) in [5, 5.41) is 24.0. The molecule has 0 bridgehead atoms. The number of hydrogen-bond acceptors (Lipinski definition) is 6. The maximum Gasteiger partial charge on any atom is 0.110 e. The molecule has 0 spiro atoms. The van der Waals surface area contributed by atoms with E-state index in [0.717, 1.165) is 42.2 Å². The second kappa shape index (κ2) is 8.57. The molecular formula is C26H36N6O3. The van der Waals surface area contributed by atoms with Crippen molar-refractivity contribution in [1.29, 1.82) is 0 Å². The van der Waals surface area contributed by atoms with Crippen molar-refractivity contribution in [2.75, 3.05) is 13.2 Å². The summed E-state index contributed by atoms with van der Waals surface area (Å²) in [6.45, 7) is 14.3. The summed E-state index contributed by atoms with van der Waals surface area (Å²) in [4.78, 5) is 0. The van der Waals surface area contributed by atoms with Crippen LogP contribution in [0.3, 0.4) is 0 Å². The Balaban J connectivity index is 1.26. The number of aromatic nitrogens is 6. The molecule has 3 aromatic rings. The maximum atomic E-state index is 6.34. The Labute approximate surface area is 205 Å². The fourth-order valence-electron chi connectivity index (χ4n) is 6.26. The van der Waals surface area contributed by atoms with E-state index in [0.29, 0.717) is 38.3 Å². The normalized spacial score (nSPS) is 22.8. The zero-order valence-corrected chi connectivity index (χ0v) is 21.3. The summed E-state index contributed by atoms with van der Waals surface area (Å²) in [6, 6.07) is 0. The monoisotopic (exact) mass is 480 g/mol. The number of aromatic amines is 3. The summed E-state index contributed by atoms with van der Waals surface area (Å²) in [7, 11) is 0. The van der Waals surface area contributed by atoms with Crippen molar-refractivity contribution >= 4 is 0 Å². The molecule has 0 saturated carbocycles.